The lowest BCUT2D eigenvalue weighted by molar-refractivity contribution is -0.129. The van der Waals surface area contributed by atoms with Gasteiger partial charge in [0.2, 0.25) is 0 Å². The van der Waals surface area contributed by atoms with Gasteiger partial charge in [-0.15, -0.1) is 0 Å². The van der Waals surface area contributed by atoms with Gasteiger partial charge in [-0.1, -0.05) is 18.2 Å². The molecule has 2 N–H and O–H groups in total. The minimum atomic E-state index is -3.83. The van der Waals surface area contributed by atoms with Crippen LogP contribution >= 0.6 is 0 Å². The molecule has 0 fully saturated rings. The Bertz CT molecular complexity index is 1020. The van der Waals surface area contributed by atoms with Crippen molar-refractivity contribution in [3.8, 4) is 0 Å². The highest BCUT2D eigenvalue weighted by Crippen LogP contribution is 2.21. The first-order valence-corrected chi connectivity index (χ1v) is 10.7. The van der Waals surface area contributed by atoms with Gasteiger partial charge in [0.15, 0.2) is 6.10 Å². The number of amides is 1. The van der Waals surface area contributed by atoms with Crippen LogP contribution < -0.4 is 10.0 Å². The molecule has 0 aliphatic heterocycles. The molecule has 1 atom stereocenters. The number of hydrogen-bond acceptors (Lipinski definition) is 5. The molecule has 0 saturated heterocycles. The second-order valence-electron chi connectivity index (χ2n) is 7.17. The number of hydrogen-bond donors (Lipinski definition) is 2. The van der Waals surface area contributed by atoms with Crippen LogP contribution in [0.4, 0.5) is 5.69 Å². The van der Waals surface area contributed by atoms with Crippen LogP contribution in [0.25, 0.3) is 0 Å². The molecule has 8 heteroatoms. The zero-order valence-electron chi connectivity index (χ0n) is 17.1. The van der Waals surface area contributed by atoms with Crippen molar-refractivity contribution in [1.82, 2.24) is 5.32 Å². The molecule has 0 unspecified atom stereocenters. The van der Waals surface area contributed by atoms with E-state index in [0.717, 1.165) is 5.56 Å². The topological polar surface area (TPSA) is 102 Å². The summed E-state index contributed by atoms with van der Waals surface area (Å²) in [6.07, 6.45) is -0.972. The van der Waals surface area contributed by atoms with E-state index in [2.05, 4.69) is 10.0 Å². The van der Waals surface area contributed by atoms with Crippen molar-refractivity contribution in [2.45, 2.75) is 51.7 Å². The highest BCUT2D eigenvalue weighted by molar-refractivity contribution is 7.92. The number of aryl methyl sites for hydroxylation is 2. The van der Waals surface area contributed by atoms with Crippen molar-refractivity contribution >= 4 is 27.6 Å². The molecule has 0 heterocycles. The Morgan fingerprint density at radius 1 is 1.00 bits per heavy atom. The van der Waals surface area contributed by atoms with Crippen LogP contribution in [0.5, 0.6) is 0 Å². The molecule has 2 aromatic carbocycles. The van der Waals surface area contributed by atoms with Crippen LogP contribution in [-0.2, 0) is 19.6 Å². The van der Waals surface area contributed by atoms with Gasteiger partial charge in [0.25, 0.3) is 15.9 Å². The van der Waals surface area contributed by atoms with E-state index in [-0.39, 0.29) is 22.2 Å². The molecular weight excluding hydrogens is 392 g/mol. The maximum Gasteiger partial charge on any atom is 0.338 e. The molecule has 0 aromatic heterocycles. The number of rotatable bonds is 7. The van der Waals surface area contributed by atoms with Crippen LogP contribution in [-0.4, -0.2) is 32.4 Å². The number of esters is 1. The van der Waals surface area contributed by atoms with E-state index in [1.807, 2.05) is 13.0 Å². The second-order valence-corrected chi connectivity index (χ2v) is 8.82. The first-order chi connectivity index (χ1) is 13.5. The summed E-state index contributed by atoms with van der Waals surface area (Å²) in [5.41, 5.74) is 1.79. The summed E-state index contributed by atoms with van der Waals surface area (Å²) < 4.78 is 33.2. The van der Waals surface area contributed by atoms with E-state index in [0.29, 0.717) is 5.56 Å². The number of anilines is 1. The predicted molar refractivity (Wildman–Crippen MR) is 111 cm³/mol. The number of benzene rings is 2. The van der Waals surface area contributed by atoms with Crippen LogP contribution in [0, 0.1) is 13.8 Å². The quantitative estimate of drug-likeness (QED) is 0.673. The monoisotopic (exact) mass is 418 g/mol. The molecule has 7 nitrogen and oxygen atoms in total. The van der Waals surface area contributed by atoms with E-state index < -0.39 is 28.0 Å². The van der Waals surface area contributed by atoms with Gasteiger partial charge >= 0.3 is 5.97 Å². The van der Waals surface area contributed by atoms with Crippen molar-refractivity contribution < 1.29 is 22.7 Å². The molecule has 0 spiro atoms. The molecule has 156 valence electrons. The average Bonchev–Trinajstić information content (AvgIpc) is 2.62. The number of sulfonamides is 1. The zero-order valence-corrected chi connectivity index (χ0v) is 18.0. The highest BCUT2D eigenvalue weighted by atomic mass is 32.2. The fourth-order valence-electron chi connectivity index (χ4n) is 2.60. The second kappa shape index (κ2) is 9.09. The molecule has 0 radical (unpaired) electrons. The summed E-state index contributed by atoms with van der Waals surface area (Å²) in [4.78, 5) is 24.4. The Hall–Kier alpha value is -2.87. The van der Waals surface area contributed by atoms with Crippen LogP contribution in [0.3, 0.4) is 0 Å². The summed E-state index contributed by atoms with van der Waals surface area (Å²) >= 11 is 0. The lowest BCUT2D eigenvalue weighted by Crippen LogP contribution is -2.39. The summed E-state index contributed by atoms with van der Waals surface area (Å²) in [5, 5.41) is 2.66. The molecule has 0 aliphatic rings. The van der Waals surface area contributed by atoms with Crippen LogP contribution in [0.15, 0.2) is 47.4 Å². The van der Waals surface area contributed by atoms with Gasteiger partial charge in [-0.2, -0.15) is 0 Å². The predicted octanol–water partition coefficient (Wildman–Crippen LogP) is 3.17. The molecule has 2 rings (SSSR count). The van der Waals surface area contributed by atoms with E-state index in [1.54, 1.807) is 32.9 Å². The lowest BCUT2D eigenvalue weighted by Gasteiger charge is -2.16. The average molecular weight is 419 g/mol. The number of carbonyl (C=O) groups is 2. The zero-order chi connectivity index (χ0) is 21.8. The minimum absolute atomic E-state index is 0.0773. The Morgan fingerprint density at radius 2 is 1.69 bits per heavy atom. The third-order valence-electron chi connectivity index (χ3n) is 4.07. The molecule has 29 heavy (non-hydrogen) atoms. The summed E-state index contributed by atoms with van der Waals surface area (Å²) in [5.74, 6) is -1.12. The van der Waals surface area contributed by atoms with Gasteiger partial charge in [0.05, 0.1) is 10.5 Å². The molecular formula is C21H26N2O5S. The Balaban J connectivity index is 2.18. The van der Waals surface area contributed by atoms with Crippen LogP contribution in [0.2, 0.25) is 0 Å². The maximum absolute atomic E-state index is 12.7. The molecule has 0 saturated carbocycles. The van der Waals surface area contributed by atoms with E-state index in [4.69, 9.17) is 4.74 Å². The summed E-state index contributed by atoms with van der Waals surface area (Å²) in [6, 6.07) is 11.0. The van der Waals surface area contributed by atoms with E-state index >= 15 is 0 Å². The van der Waals surface area contributed by atoms with Crippen molar-refractivity contribution in [1.29, 1.82) is 0 Å². The number of ether oxygens (including phenoxy) is 1. The van der Waals surface area contributed by atoms with Gasteiger partial charge in [0.1, 0.15) is 0 Å². The minimum Gasteiger partial charge on any atom is -0.449 e. The third kappa shape index (κ3) is 6.05. The standard InChI is InChI=1S/C21H26N2O5S/c1-13(2)22-20(24)16(5)28-21(25)17-7-6-8-18(12-17)23-29(26,27)19-11-14(3)9-10-15(19)4/h6-13,16,23H,1-5H3,(H,22,24)/t16-/m1/s1. The van der Waals surface area contributed by atoms with E-state index in [9.17, 15) is 18.0 Å². The smallest absolute Gasteiger partial charge is 0.338 e. The third-order valence-corrected chi connectivity index (χ3v) is 5.59. The lowest BCUT2D eigenvalue weighted by atomic mass is 10.2. The van der Waals surface area contributed by atoms with E-state index in [1.165, 1.54) is 31.2 Å². The fraction of sp³-hybridized carbons (Fsp3) is 0.333. The Morgan fingerprint density at radius 3 is 2.34 bits per heavy atom. The van der Waals surface area contributed by atoms with Crippen LogP contribution in [0.1, 0.15) is 42.3 Å². The number of carbonyl (C=O) groups excluding carboxylic acids is 2. The first-order valence-electron chi connectivity index (χ1n) is 9.21. The summed E-state index contributed by atoms with van der Waals surface area (Å²) in [7, 11) is -3.83. The first kappa shape index (κ1) is 22.4. The molecule has 0 aliphatic carbocycles. The molecule has 1 amide bonds. The number of nitrogens with one attached hydrogen (secondary N) is 2. The SMILES string of the molecule is Cc1ccc(C)c(S(=O)(=O)Nc2cccc(C(=O)O[C@H](C)C(=O)NC(C)C)c2)c1. The largest absolute Gasteiger partial charge is 0.449 e. The maximum atomic E-state index is 12.7. The van der Waals surface area contributed by atoms with Gasteiger partial charge in [0, 0.05) is 11.7 Å². The normalized spacial score (nSPS) is 12.3. The van der Waals surface area contributed by atoms with Crippen molar-refractivity contribution in [2.75, 3.05) is 4.72 Å². The Kier molecular flexibility index (Phi) is 7.02. The molecule has 2 aromatic rings. The van der Waals surface area contributed by atoms with Crippen molar-refractivity contribution in [3.05, 3.63) is 59.2 Å². The van der Waals surface area contributed by atoms with Crippen molar-refractivity contribution in [3.63, 3.8) is 0 Å². The fourth-order valence-corrected chi connectivity index (χ4v) is 3.98. The molecule has 0 bridgehead atoms. The highest BCUT2D eigenvalue weighted by Gasteiger charge is 2.21. The van der Waals surface area contributed by atoms with Gasteiger partial charge in [-0.3, -0.25) is 9.52 Å². The van der Waals surface area contributed by atoms with Gasteiger partial charge < -0.3 is 10.1 Å². The Labute approximate surface area is 171 Å². The van der Waals surface area contributed by atoms with Crippen molar-refractivity contribution in [2.24, 2.45) is 0 Å². The van der Waals surface area contributed by atoms with Gasteiger partial charge in [-0.25, -0.2) is 13.2 Å². The van der Waals surface area contributed by atoms with Gasteiger partial charge in [-0.05, 0) is 70.0 Å². The summed E-state index contributed by atoms with van der Waals surface area (Å²) in [6.45, 7) is 8.61.